The Morgan fingerprint density at radius 2 is 2.00 bits per heavy atom. The molecule has 2 rings (SSSR count). The van der Waals surface area contributed by atoms with Crippen LogP contribution in [0.4, 0.5) is 8.78 Å². The van der Waals surface area contributed by atoms with Gasteiger partial charge in [0.25, 0.3) is 0 Å². The molecule has 1 N–H and O–H groups in total. The van der Waals surface area contributed by atoms with Gasteiger partial charge in [0.15, 0.2) is 0 Å². The van der Waals surface area contributed by atoms with Crippen molar-refractivity contribution < 1.29 is 8.78 Å². The molecule has 1 nitrogen and oxygen atoms in total. The van der Waals surface area contributed by atoms with Gasteiger partial charge in [-0.05, 0) is 47.6 Å². The molecule has 0 saturated heterocycles. The molecule has 0 saturated carbocycles. The summed E-state index contributed by atoms with van der Waals surface area (Å²) in [6.45, 7) is 0. The van der Waals surface area contributed by atoms with Crippen LogP contribution in [-0.2, 0) is 6.42 Å². The molecule has 1 aromatic heterocycles. The molecular formula is C13H11BrClF2NS. The summed E-state index contributed by atoms with van der Waals surface area (Å²) in [5, 5.41) is 3.06. The summed E-state index contributed by atoms with van der Waals surface area (Å²) < 4.78 is 28.7. The smallest absolute Gasteiger partial charge is 0.129 e. The Balaban J connectivity index is 2.29. The average Bonchev–Trinajstić information content (AvgIpc) is 2.69. The van der Waals surface area contributed by atoms with Crippen LogP contribution < -0.4 is 5.32 Å². The van der Waals surface area contributed by atoms with E-state index in [-0.39, 0.29) is 18.0 Å². The third-order valence-corrected chi connectivity index (χ3v) is 5.41. The number of hydrogen-bond acceptors (Lipinski definition) is 2. The van der Waals surface area contributed by atoms with Gasteiger partial charge < -0.3 is 5.32 Å². The summed E-state index contributed by atoms with van der Waals surface area (Å²) in [5.74, 6) is -1.05. The third-order valence-electron chi connectivity index (χ3n) is 2.83. The fraction of sp³-hybridized carbons (Fsp3) is 0.231. The van der Waals surface area contributed by atoms with E-state index in [2.05, 4.69) is 21.2 Å². The minimum Gasteiger partial charge on any atom is -0.312 e. The maximum absolute atomic E-state index is 13.6. The first kappa shape index (κ1) is 14.9. The van der Waals surface area contributed by atoms with Crippen LogP contribution >= 0.6 is 38.9 Å². The molecule has 0 aliphatic heterocycles. The third kappa shape index (κ3) is 3.34. The van der Waals surface area contributed by atoms with Crippen molar-refractivity contribution in [2.45, 2.75) is 12.5 Å². The normalized spacial score (nSPS) is 12.7. The van der Waals surface area contributed by atoms with Gasteiger partial charge in [0, 0.05) is 21.0 Å². The second kappa shape index (κ2) is 6.31. The highest BCUT2D eigenvalue weighted by atomic mass is 79.9. The predicted octanol–water partition coefficient (Wildman–Crippen LogP) is 4.95. The molecule has 102 valence electrons. The van der Waals surface area contributed by atoms with E-state index in [4.69, 9.17) is 11.6 Å². The van der Waals surface area contributed by atoms with Crippen molar-refractivity contribution in [1.82, 2.24) is 5.32 Å². The predicted molar refractivity (Wildman–Crippen MR) is 78.9 cm³/mol. The Bertz CT molecular complexity index is 548. The highest BCUT2D eigenvalue weighted by molar-refractivity contribution is 9.10. The second-order valence-electron chi connectivity index (χ2n) is 4.02. The number of thiophene rings is 1. The van der Waals surface area contributed by atoms with Crippen LogP contribution in [0.3, 0.4) is 0 Å². The SMILES string of the molecule is CNC(Cc1c(F)cccc1F)c1cc(Br)c(Cl)s1. The summed E-state index contributed by atoms with van der Waals surface area (Å²) in [5.41, 5.74) is 0.0856. The fourth-order valence-electron chi connectivity index (χ4n) is 1.81. The Labute approximate surface area is 127 Å². The van der Waals surface area contributed by atoms with Crippen molar-refractivity contribution in [3.63, 3.8) is 0 Å². The summed E-state index contributed by atoms with van der Waals surface area (Å²) in [7, 11) is 1.75. The highest BCUT2D eigenvalue weighted by Gasteiger charge is 2.19. The minimum atomic E-state index is -0.526. The first-order valence-corrected chi connectivity index (χ1v) is 7.56. The monoisotopic (exact) mass is 365 g/mol. The minimum absolute atomic E-state index is 0.0856. The van der Waals surface area contributed by atoms with Crippen LogP contribution in [-0.4, -0.2) is 7.05 Å². The Morgan fingerprint density at radius 3 is 2.47 bits per heavy atom. The molecular weight excluding hydrogens is 356 g/mol. The molecule has 0 spiro atoms. The molecule has 1 atom stereocenters. The Hall–Kier alpha value is -0.490. The summed E-state index contributed by atoms with van der Waals surface area (Å²) in [4.78, 5) is 0.932. The van der Waals surface area contributed by atoms with Gasteiger partial charge in [0.1, 0.15) is 16.0 Å². The molecule has 1 unspecified atom stereocenters. The first-order valence-electron chi connectivity index (χ1n) is 5.57. The van der Waals surface area contributed by atoms with Crippen molar-refractivity contribution in [3.8, 4) is 0 Å². The van der Waals surface area contributed by atoms with E-state index in [9.17, 15) is 8.78 Å². The summed E-state index contributed by atoms with van der Waals surface area (Å²) in [6.07, 6.45) is 0.234. The van der Waals surface area contributed by atoms with Gasteiger partial charge in [-0.25, -0.2) is 8.78 Å². The zero-order valence-electron chi connectivity index (χ0n) is 10.0. The molecule has 0 fully saturated rings. The number of hydrogen-bond donors (Lipinski definition) is 1. The maximum atomic E-state index is 13.6. The lowest BCUT2D eigenvalue weighted by atomic mass is 10.0. The van der Waals surface area contributed by atoms with Crippen LogP contribution in [0.25, 0.3) is 0 Å². The molecule has 0 aliphatic carbocycles. The summed E-state index contributed by atoms with van der Waals surface area (Å²) >= 11 is 10.7. The van der Waals surface area contributed by atoms with Crippen LogP contribution in [0.2, 0.25) is 4.34 Å². The van der Waals surface area contributed by atoms with Crippen molar-refractivity contribution in [2.24, 2.45) is 0 Å². The molecule has 1 aromatic carbocycles. The lowest BCUT2D eigenvalue weighted by molar-refractivity contribution is 0.518. The Morgan fingerprint density at radius 1 is 1.37 bits per heavy atom. The quantitative estimate of drug-likeness (QED) is 0.807. The largest absolute Gasteiger partial charge is 0.312 e. The number of rotatable bonds is 4. The average molecular weight is 367 g/mol. The molecule has 19 heavy (non-hydrogen) atoms. The van der Waals surface area contributed by atoms with Gasteiger partial charge in [-0.3, -0.25) is 0 Å². The molecule has 0 amide bonds. The van der Waals surface area contributed by atoms with Crippen molar-refractivity contribution in [3.05, 3.63) is 55.1 Å². The zero-order chi connectivity index (χ0) is 14.0. The molecule has 6 heteroatoms. The van der Waals surface area contributed by atoms with Gasteiger partial charge in [0.2, 0.25) is 0 Å². The summed E-state index contributed by atoms with van der Waals surface area (Å²) in [6, 6.07) is 5.58. The Kier molecular flexibility index (Phi) is 4.95. The number of nitrogens with one attached hydrogen (secondary N) is 1. The lowest BCUT2D eigenvalue weighted by Gasteiger charge is -2.15. The van der Waals surface area contributed by atoms with E-state index in [1.807, 2.05) is 6.07 Å². The van der Waals surface area contributed by atoms with E-state index < -0.39 is 11.6 Å². The maximum Gasteiger partial charge on any atom is 0.129 e. The van der Waals surface area contributed by atoms with Gasteiger partial charge in [-0.1, -0.05) is 17.7 Å². The van der Waals surface area contributed by atoms with Crippen molar-refractivity contribution >= 4 is 38.9 Å². The zero-order valence-corrected chi connectivity index (χ0v) is 13.2. The van der Waals surface area contributed by atoms with Gasteiger partial charge in [-0.2, -0.15) is 0 Å². The van der Waals surface area contributed by atoms with Crippen molar-refractivity contribution in [2.75, 3.05) is 7.05 Å². The first-order chi connectivity index (χ1) is 9.02. The van der Waals surface area contributed by atoms with E-state index in [1.165, 1.54) is 29.5 Å². The molecule has 0 aliphatic rings. The standard InChI is InChI=1S/C13H11BrClF2NS/c1-18-11(12-6-8(14)13(15)19-12)5-7-9(16)3-2-4-10(7)17/h2-4,6,11,18H,5H2,1H3. The van der Waals surface area contributed by atoms with Gasteiger partial charge in [0.05, 0.1) is 0 Å². The number of halogens is 4. The van der Waals surface area contributed by atoms with E-state index in [0.717, 1.165) is 9.35 Å². The van der Waals surface area contributed by atoms with E-state index >= 15 is 0 Å². The molecule has 2 aromatic rings. The number of benzene rings is 1. The molecule has 0 radical (unpaired) electrons. The van der Waals surface area contributed by atoms with Crippen LogP contribution in [0, 0.1) is 11.6 Å². The fourth-order valence-corrected chi connectivity index (χ4v) is 3.66. The topological polar surface area (TPSA) is 12.0 Å². The van der Waals surface area contributed by atoms with Crippen LogP contribution in [0.15, 0.2) is 28.7 Å². The van der Waals surface area contributed by atoms with E-state index in [0.29, 0.717) is 4.34 Å². The highest BCUT2D eigenvalue weighted by Crippen LogP contribution is 2.36. The second-order valence-corrected chi connectivity index (χ2v) is 6.56. The van der Waals surface area contributed by atoms with Gasteiger partial charge >= 0.3 is 0 Å². The molecule has 0 bridgehead atoms. The van der Waals surface area contributed by atoms with Gasteiger partial charge in [-0.15, -0.1) is 11.3 Å². The lowest BCUT2D eigenvalue weighted by Crippen LogP contribution is -2.19. The number of likely N-dealkylation sites (N-methyl/N-ethyl adjacent to an activating group) is 1. The van der Waals surface area contributed by atoms with Crippen molar-refractivity contribution in [1.29, 1.82) is 0 Å². The van der Waals surface area contributed by atoms with Crippen LogP contribution in [0.1, 0.15) is 16.5 Å². The van der Waals surface area contributed by atoms with E-state index in [1.54, 1.807) is 7.05 Å². The molecule has 1 heterocycles. The van der Waals surface area contributed by atoms with Crippen LogP contribution in [0.5, 0.6) is 0 Å².